The lowest BCUT2D eigenvalue weighted by Crippen LogP contribution is -2.33. The molecule has 3 rings (SSSR count). The highest BCUT2D eigenvalue weighted by atomic mass is 16.5. The van der Waals surface area contributed by atoms with Gasteiger partial charge in [0, 0.05) is 32.0 Å². The standard InChI is InChI=1S/C18H23N3O/c1-22-17-7-5-15(6-8-17)18(16-4-2-9-20-14-16)21-12-3-10-19-11-13-21/h2,4-9,14,18-19H,3,10-13H2,1H3. The number of ether oxygens (including phenoxy) is 1. The fourth-order valence-electron chi connectivity index (χ4n) is 3.06. The van der Waals surface area contributed by atoms with Crippen LogP contribution >= 0.6 is 0 Å². The second kappa shape index (κ2) is 7.38. The molecule has 1 fully saturated rings. The maximum atomic E-state index is 5.28. The molecule has 1 N–H and O–H groups in total. The molecule has 0 bridgehead atoms. The molecule has 1 saturated heterocycles. The molecule has 1 atom stereocenters. The second-order valence-electron chi connectivity index (χ2n) is 5.60. The average Bonchev–Trinajstić information content (AvgIpc) is 2.86. The molecule has 116 valence electrons. The summed E-state index contributed by atoms with van der Waals surface area (Å²) < 4.78 is 5.28. The molecule has 1 aliphatic heterocycles. The van der Waals surface area contributed by atoms with E-state index in [1.54, 1.807) is 7.11 Å². The van der Waals surface area contributed by atoms with Gasteiger partial charge < -0.3 is 10.1 Å². The fraction of sp³-hybridized carbons (Fsp3) is 0.389. The molecule has 0 spiro atoms. The number of benzene rings is 1. The first kappa shape index (κ1) is 15.0. The highest BCUT2D eigenvalue weighted by Crippen LogP contribution is 2.29. The Hall–Kier alpha value is -1.91. The van der Waals surface area contributed by atoms with Crippen molar-refractivity contribution in [2.45, 2.75) is 12.5 Å². The average molecular weight is 297 g/mol. The summed E-state index contributed by atoms with van der Waals surface area (Å²) in [6.07, 6.45) is 4.98. The highest BCUT2D eigenvalue weighted by Gasteiger charge is 2.23. The monoisotopic (exact) mass is 297 g/mol. The van der Waals surface area contributed by atoms with Crippen molar-refractivity contribution in [3.8, 4) is 5.75 Å². The van der Waals surface area contributed by atoms with E-state index in [1.165, 1.54) is 17.5 Å². The van der Waals surface area contributed by atoms with Gasteiger partial charge in [-0.3, -0.25) is 9.88 Å². The van der Waals surface area contributed by atoms with Crippen molar-refractivity contribution >= 4 is 0 Å². The van der Waals surface area contributed by atoms with Crippen LogP contribution in [0.25, 0.3) is 0 Å². The van der Waals surface area contributed by atoms with Gasteiger partial charge in [-0.15, -0.1) is 0 Å². The van der Waals surface area contributed by atoms with Gasteiger partial charge in [-0.1, -0.05) is 18.2 Å². The molecule has 0 amide bonds. The Morgan fingerprint density at radius 1 is 1.09 bits per heavy atom. The van der Waals surface area contributed by atoms with Crippen LogP contribution in [0.2, 0.25) is 0 Å². The molecule has 0 saturated carbocycles. The highest BCUT2D eigenvalue weighted by molar-refractivity contribution is 5.34. The number of hydrogen-bond acceptors (Lipinski definition) is 4. The zero-order chi connectivity index (χ0) is 15.2. The van der Waals surface area contributed by atoms with Gasteiger partial charge in [0.25, 0.3) is 0 Å². The van der Waals surface area contributed by atoms with Gasteiger partial charge in [0.2, 0.25) is 0 Å². The Bertz CT molecular complexity index is 563. The molecule has 0 aliphatic carbocycles. The molecule has 1 aromatic carbocycles. The minimum absolute atomic E-state index is 0.250. The summed E-state index contributed by atoms with van der Waals surface area (Å²) in [6, 6.07) is 12.8. The predicted octanol–water partition coefficient (Wildman–Crippen LogP) is 2.47. The van der Waals surface area contributed by atoms with Crippen molar-refractivity contribution in [3.63, 3.8) is 0 Å². The van der Waals surface area contributed by atoms with Gasteiger partial charge in [0.1, 0.15) is 5.75 Å². The first-order valence-corrected chi connectivity index (χ1v) is 7.87. The third-order valence-electron chi connectivity index (χ3n) is 4.17. The van der Waals surface area contributed by atoms with Crippen LogP contribution in [0.15, 0.2) is 48.8 Å². The van der Waals surface area contributed by atoms with Crippen molar-refractivity contribution < 1.29 is 4.74 Å². The van der Waals surface area contributed by atoms with E-state index in [-0.39, 0.29) is 6.04 Å². The Morgan fingerprint density at radius 3 is 2.68 bits per heavy atom. The summed E-state index contributed by atoms with van der Waals surface area (Å²) in [5, 5.41) is 3.48. The summed E-state index contributed by atoms with van der Waals surface area (Å²) in [6.45, 7) is 4.27. The zero-order valence-corrected chi connectivity index (χ0v) is 13.0. The third kappa shape index (κ3) is 3.46. The number of nitrogens with zero attached hydrogens (tertiary/aromatic N) is 2. The summed E-state index contributed by atoms with van der Waals surface area (Å²) in [5.74, 6) is 0.895. The number of nitrogens with one attached hydrogen (secondary N) is 1. The maximum Gasteiger partial charge on any atom is 0.118 e. The lowest BCUT2D eigenvalue weighted by molar-refractivity contribution is 0.240. The van der Waals surface area contributed by atoms with E-state index in [0.717, 1.165) is 31.9 Å². The summed E-state index contributed by atoms with van der Waals surface area (Å²) in [5.41, 5.74) is 2.53. The summed E-state index contributed by atoms with van der Waals surface area (Å²) >= 11 is 0. The number of hydrogen-bond donors (Lipinski definition) is 1. The van der Waals surface area contributed by atoms with Crippen LogP contribution in [0.5, 0.6) is 5.75 Å². The molecule has 4 heteroatoms. The normalized spacial score (nSPS) is 17.7. The van der Waals surface area contributed by atoms with Crippen molar-refractivity contribution in [2.75, 3.05) is 33.3 Å². The van der Waals surface area contributed by atoms with Gasteiger partial charge in [-0.25, -0.2) is 0 Å². The lowest BCUT2D eigenvalue weighted by atomic mass is 9.98. The lowest BCUT2D eigenvalue weighted by Gasteiger charge is -2.31. The van der Waals surface area contributed by atoms with E-state index in [1.807, 2.05) is 30.6 Å². The van der Waals surface area contributed by atoms with Gasteiger partial charge in [-0.05, 0) is 42.3 Å². The minimum atomic E-state index is 0.250. The van der Waals surface area contributed by atoms with Gasteiger partial charge in [0.15, 0.2) is 0 Å². The number of aromatic nitrogens is 1. The molecule has 22 heavy (non-hydrogen) atoms. The van der Waals surface area contributed by atoms with Crippen LogP contribution in [-0.4, -0.2) is 43.2 Å². The van der Waals surface area contributed by atoms with E-state index in [2.05, 4.69) is 33.4 Å². The van der Waals surface area contributed by atoms with Gasteiger partial charge >= 0.3 is 0 Å². The van der Waals surface area contributed by atoms with Gasteiger partial charge in [-0.2, -0.15) is 0 Å². The molecular formula is C18H23N3O. The number of rotatable bonds is 4. The van der Waals surface area contributed by atoms with Crippen LogP contribution in [0.4, 0.5) is 0 Å². The minimum Gasteiger partial charge on any atom is -0.497 e. The Labute approximate surface area is 132 Å². The molecule has 2 aromatic rings. The largest absolute Gasteiger partial charge is 0.497 e. The van der Waals surface area contributed by atoms with Crippen LogP contribution < -0.4 is 10.1 Å². The fourth-order valence-corrected chi connectivity index (χ4v) is 3.06. The smallest absolute Gasteiger partial charge is 0.118 e. The first-order valence-electron chi connectivity index (χ1n) is 7.87. The number of pyridine rings is 1. The molecule has 4 nitrogen and oxygen atoms in total. The van der Waals surface area contributed by atoms with E-state index in [9.17, 15) is 0 Å². The number of methoxy groups -OCH3 is 1. The topological polar surface area (TPSA) is 37.4 Å². The SMILES string of the molecule is COc1ccc(C(c2cccnc2)N2CCCNCC2)cc1. The zero-order valence-electron chi connectivity index (χ0n) is 13.0. The summed E-state index contributed by atoms with van der Waals surface area (Å²) in [4.78, 5) is 6.86. The first-order chi connectivity index (χ1) is 10.9. The third-order valence-corrected chi connectivity index (χ3v) is 4.17. The van der Waals surface area contributed by atoms with Crippen molar-refractivity contribution in [2.24, 2.45) is 0 Å². The molecule has 0 radical (unpaired) electrons. The Morgan fingerprint density at radius 2 is 1.95 bits per heavy atom. The second-order valence-corrected chi connectivity index (χ2v) is 5.60. The predicted molar refractivity (Wildman–Crippen MR) is 88.1 cm³/mol. The van der Waals surface area contributed by atoms with Crippen LogP contribution in [0, 0.1) is 0 Å². The quantitative estimate of drug-likeness (QED) is 0.941. The van der Waals surface area contributed by atoms with Crippen molar-refractivity contribution in [1.82, 2.24) is 15.2 Å². The maximum absolute atomic E-state index is 5.28. The Kier molecular flexibility index (Phi) is 5.03. The molecule has 2 heterocycles. The van der Waals surface area contributed by atoms with E-state index >= 15 is 0 Å². The molecular weight excluding hydrogens is 274 g/mol. The summed E-state index contributed by atoms with van der Waals surface area (Å²) in [7, 11) is 1.70. The molecule has 1 aromatic heterocycles. The molecule has 1 unspecified atom stereocenters. The van der Waals surface area contributed by atoms with Crippen molar-refractivity contribution in [3.05, 3.63) is 59.9 Å². The van der Waals surface area contributed by atoms with E-state index < -0.39 is 0 Å². The van der Waals surface area contributed by atoms with Crippen LogP contribution in [0.1, 0.15) is 23.6 Å². The molecule has 1 aliphatic rings. The van der Waals surface area contributed by atoms with Crippen LogP contribution in [0.3, 0.4) is 0 Å². The van der Waals surface area contributed by atoms with Gasteiger partial charge in [0.05, 0.1) is 13.2 Å². The Balaban J connectivity index is 1.94. The van der Waals surface area contributed by atoms with Crippen LogP contribution in [-0.2, 0) is 0 Å². The van der Waals surface area contributed by atoms with E-state index in [4.69, 9.17) is 4.74 Å². The van der Waals surface area contributed by atoms with Crippen molar-refractivity contribution in [1.29, 1.82) is 0 Å². The van der Waals surface area contributed by atoms with E-state index in [0.29, 0.717) is 0 Å².